The molecular weight excluding hydrogens is 286 g/mol. The number of ether oxygens (including phenoxy) is 1. The minimum atomic E-state index is -0.330. The highest BCUT2D eigenvalue weighted by molar-refractivity contribution is 5.79. The van der Waals surface area contributed by atoms with Crippen molar-refractivity contribution >= 4 is 6.09 Å². The molecule has 0 bridgehead atoms. The molecule has 2 aliphatic rings. The molecule has 23 heavy (non-hydrogen) atoms. The zero-order chi connectivity index (χ0) is 15.6. The Kier molecular flexibility index (Phi) is 3.62. The smallest absolute Gasteiger partial charge is 0.407 e. The number of amides is 1. The molecule has 0 fully saturated rings. The number of benzene rings is 2. The Morgan fingerprint density at radius 1 is 1.04 bits per heavy atom. The van der Waals surface area contributed by atoms with Gasteiger partial charge in [0.2, 0.25) is 0 Å². The highest BCUT2D eigenvalue weighted by Crippen LogP contribution is 2.44. The van der Waals surface area contributed by atoms with Crippen LogP contribution in [0.5, 0.6) is 0 Å². The molecule has 2 aromatic rings. The predicted octanol–water partition coefficient (Wildman–Crippen LogP) is 4.24. The van der Waals surface area contributed by atoms with Gasteiger partial charge >= 0.3 is 6.09 Å². The Bertz CT molecular complexity index is 720. The molecule has 0 unspecified atom stereocenters. The predicted molar refractivity (Wildman–Crippen MR) is 90.4 cm³/mol. The third kappa shape index (κ3) is 2.63. The van der Waals surface area contributed by atoms with Crippen molar-refractivity contribution in [2.45, 2.75) is 24.8 Å². The summed E-state index contributed by atoms with van der Waals surface area (Å²) in [5, 5.41) is 2.90. The highest BCUT2D eigenvalue weighted by atomic mass is 16.5. The summed E-state index contributed by atoms with van der Waals surface area (Å²) in [5.74, 6) is 0.118. The van der Waals surface area contributed by atoms with Crippen LogP contribution in [0.4, 0.5) is 4.79 Å². The summed E-state index contributed by atoms with van der Waals surface area (Å²) in [4.78, 5) is 12.0. The average molecular weight is 305 g/mol. The van der Waals surface area contributed by atoms with Crippen molar-refractivity contribution in [1.82, 2.24) is 5.32 Å². The van der Waals surface area contributed by atoms with Gasteiger partial charge in [-0.3, -0.25) is 0 Å². The highest BCUT2D eigenvalue weighted by Gasteiger charge is 2.29. The van der Waals surface area contributed by atoms with Crippen molar-refractivity contribution in [3.8, 4) is 11.1 Å². The Labute approximate surface area is 136 Å². The van der Waals surface area contributed by atoms with Gasteiger partial charge in [-0.05, 0) is 35.1 Å². The first-order valence-corrected chi connectivity index (χ1v) is 8.11. The molecule has 1 amide bonds. The number of alkyl carbamates (subject to hydrolysis) is 1. The fourth-order valence-electron chi connectivity index (χ4n) is 3.54. The van der Waals surface area contributed by atoms with Gasteiger partial charge in [-0.25, -0.2) is 4.79 Å². The molecule has 0 saturated carbocycles. The number of carbonyl (C=O) groups is 1. The Morgan fingerprint density at radius 3 is 2.30 bits per heavy atom. The van der Waals surface area contributed by atoms with Crippen molar-refractivity contribution in [2.75, 3.05) is 6.61 Å². The Balaban J connectivity index is 1.50. The SMILES string of the molecule is O=C(N[C@H]1C=CCC1)OCC1c2ccccc2-c2ccccc21. The van der Waals surface area contributed by atoms with Gasteiger partial charge in [-0.15, -0.1) is 0 Å². The maximum atomic E-state index is 12.0. The molecule has 0 spiro atoms. The largest absolute Gasteiger partial charge is 0.449 e. The number of fused-ring (bicyclic) bond motifs is 3. The maximum Gasteiger partial charge on any atom is 0.407 e. The number of carbonyl (C=O) groups excluding carboxylic acids is 1. The molecule has 0 aliphatic heterocycles. The van der Waals surface area contributed by atoms with Crippen LogP contribution in [0.25, 0.3) is 11.1 Å². The van der Waals surface area contributed by atoms with Gasteiger partial charge in [0, 0.05) is 5.92 Å². The number of hydrogen-bond donors (Lipinski definition) is 1. The van der Waals surface area contributed by atoms with Crippen molar-refractivity contribution < 1.29 is 9.53 Å². The van der Waals surface area contributed by atoms with Crippen molar-refractivity contribution in [1.29, 1.82) is 0 Å². The summed E-state index contributed by atoms with van der Waals surface area (Å²) in [5.41, 5.74) is 4.97. The van der Waals surface area contributed by atoms with Gasteiger partial charge in [0.25, 0.3) is 0 Å². The van der Waals surface area contributed by atoms with Crippen LogP contribution in [0, 0.1) is 0 Å². The summed E-state index contributed by atoms with van der Waals surface area (Å²) in [6, 6.07) is 16.8. The van der Waals surface area contributed by atoms with Crippen molar-refractivity contribution in [2.24, 2.45) is 0 Å². The first-order chi connectivity index (χ1) is 11.3. The first kappa shape index (κ1) is 14.1. The van der Waals surface area contributed by atoms with Crippen LogP contribution in [-0.2, 0) is 4.74 Å². The van der Waals surface area contributed by atoms with E-state index >= 15 is 0 Å². The van der Waals surface area contributed by atoms with E-state index < -0.39 is 0 Å². The van der Waals surface area contributed by atoms with E-state index in [0.717, 1.165) is 12.8 Å². The second kappa shape index (κ2) is 5.92. The second-order valence-corrected chi connectivity index (χ2v) is 6.08. The molecule has 0 heterocycles. The first-order valence-electron chi connectivity index (χ1n) is 8.11. The zero-order valence-electron chi connectivity index (χ0n) is 12.9. The number of nitrogens with one attached hydrogen (secondary N) is 1. The number of rotatable bonds is 3. The molecule has 0 radical (unpaired) electrons. The number of hydrogen-bond acceptors (Lipinski definition) is 2. The molecule has 3 heteroatoms. The molecule has 0 saturated heterocycles. The van der Waals surface area contributed by atoms with Crippen LogP contribution >= 0.6 is 0 Å². The standard InChI is InChI=1S/C20H19NO2/c22-20(21-14-7-1-2-8-14)23-13-19-17-11-5-3-9-15(17)16-10-4-6-12-18(16)19/h1,3-7,9-12,14,19H,2,8,13H2,(H,21,22)/t14-/m0/s1. The number of allylic oxidation sites excluding steroid dienone is 1. The van der Waals surface area contributed by atoms with E-state index in [1.165, 1.54) is 22.3 Å². The van der Waals surface area contributed by atoms with Gasteiger partial charge in [0.15, 0.2) is 0 Å². The fraction of sp³-hybridized carbons (Fsp3) is 0.250. The molecule has 2 aromatic carbocycles. The Morgan fingerprint density at radius 2 is 1.70 bits per heavy atom. The average Bonchev–Trinajstić information content (AvgIpc) is 3.19. The van der Waals surface area contributed by atoms with E-state index in [4.69, 9.17) is 4.74 Å². The second-order valence-electron chi connectivity index (χ2n) is 6.08. The monoisotopic (exact) mass is 305 g/mol. The van der Waals surface area contributed by atoms with E-state index in [1.807, 2.05) is 18.2 Å². The fourth-order valence-corrected chi connectivity index (χ4v) is 3.54. The van der Waals surface area contributed by atoms with E-state index in [1.54, 1.807) is 0 Å². The summed E-state index contributed by atoms with van der Waals surface area (Å²) < 4.78 is 5.52. The molecule has 2 aliphatic carbocycles. The topological polar surface area (TPSA) is 38.3 Å². The van der Waals surface area contributed by atoms with Crippen molar-refractivity contribution in [3.05, 3.63) is 71.8 Å². The van der Waals surface area contributed by atoms with Crippen LogP contribution in [0.3, 0.4) is 0 Å². The summed E-state index contributed by atoms with van der Waals surface area (Å²) in [6.07, 6.45) is 5.78. The third-order valence-electron chi connectivity index (χ3n) is 4.66. The van der Waals surface area contributed by atoms with Crippen molar-refractivity contribution in [3.63, 3.8) is 0 Å². The minimum Gasteiger partial charge on any atom is -0.449 e. The molecule has 1 N–H and O–H groups in total. The normalized spacial score (nSPS) is 18.5. The van der Waals surface area contributed by atoms with Gasteiger partial charge in [-0.2, -0.15) is 0 Å². The van der Waals surface area contributed by atoms with Gasteiger partial charge in [0.1, 0.15) is 6.61 Å². The summed E-state index contributed by atoms with van der Waals surface area (Å²) >= 11 is 0. The molecule has 0 aromatic heterocycles. The van der Waals surface area contributed by atoms with E-state index in [9.17, 15) is 4.79 Å². The van der Waals surface area contributed by atoms with Crippen LogP contribution in [0.15, 0.2) is 60.7 Å². The maximum absolute atomic E-state index is 12.0. The quantitative estimate of drug-likeness (QED) is 0.861. The van der Waals surface area contributed by atoms with E-state index in [0.29, 0.717) is 6.61 Å². The van der Waals surface area contributed by atoms with E-state index in [-0.39, 0.29) is 18.1 Å². The van der Waals surface area contributed by atoms with Gasteiger partial charge in [-0.1, -0.05) is 60.7 Å². The zero-order valence-corrected chi connectivity index (χ0v) is 12.9. The van der Waals surface area contributed by atoms with Crippen LogP contribution in [-0.4, -0.2) is 18.7 Å². The lowest BCUT2D eigenvalue weighted by atomic mass is 9.98. The van der Waals surface area contributed by atoms with Crippen LogP contribution in [0.2, 0.25) is 0 Å². The van der Waals surface area contributed by atoms with E-state index in [2.05, 4.69) is 47.8 Å². The molecule has 1 atom stereocenters. The molecule has 4 rings (SSSR count). The molecular formula is C20H19NO2. The lowest BCUT2D eigenvalue weighted by molar-refractivity contribution is 0.141. The Hall–Kier alpha value is -2.55. The van der Waals surface area contributed by atoms with Gasteiger partial charge in [0.05, 0.1) is 6.04 Å². The minimum absolute atomic E-state index is 0.116. The van der Waals surface area contributed by atoms with Crippen LogP contribution < -0.4 is 5.32 Å². The summed E-state index contributed by atoms with van der Waals surface area (Å²) in [6.45, 7) is 0.371. The lowest BCUT2D eigenvalue weighted by Gasteiger charge is -2.16. The third-order valence-corrected chi connectivity index (χ3v) is 4.66. The molecule has 116 valence electrons. The van der Waals surface area contributed by atoms with Gasteiger partial charge < -0.3 is 10.1 Å². The van der Waals surface area contributed by atoms with Crippen LogP contribution in [0.1, 0.15) is 29.9 Å². The molecule has 3 nitrogen and oxygen atoms in total. The lowest BCUT2D eigenvalue weighted by Crippen LogP contribution is -2.33. The summed E-state index contributed by atoms with van der Waals surface area (Å²) in [7, 11) is 0.